The number of carbonyl (C=O) groups is 2. The van der Waals surface area contributed by atoms with Gasteiger partial charge in [-0.3, -0.25) is 20.4 Å². The van der Waals surface area contributed by atoms with Gasteiger partial charge in [0, 0.05) is 11.1 Å². The lowest BCUT2D eigenvalue weighted by Crippen LogP contribution is -2.41. The lowest BCUT2D eigenvalue weighted by atomic mass is 10.0. The van der Waals surface area contributed by atoms with Crippen LogP contribution in [0.4, 0.5) is 11.4 Å². The Morgan fingerprint density at radius 3 is 1.16 bits per heavy atom. The Morgan fingerprint density at radius 1 is 0.426 bits per heavy atom. The molecular weight excluding hydrogens is 757 g/mol. The van der Waals surface area contributed by atoms with E-state index in [1.807, 2.05) is 25.1 Å². The zero-order valence-corrected chi connectivity index (χ0v) is 38.6. The summed E-state index contributed by atoms with van der Waals surface area (Å²) in [6.07, 6.45) is 37.4. The molecule has 3 aromatic carbocycles. The fourth-order valence-electron chi connectivity index (χ4n) is 7.55. The van der Waals surface area contributed by atoms with E-state index in [0.29, 0.717) is 23.4 Å². The van der Waals surface area contributed by atoms with Crippen molar-refractivity contribution in [1.82, 2.24) is 10.9 Å². The van der Waals surface area contributed by atoms with Gasteiger partial charge < -0.3 is 9.47 Å². The highest BCUT2D eigenvalue weighted by Crippen LogP contribution is 2.26. The molecule has 3 aromatic rings. The second-order valence-corrected chi connectivity index (χ2v) is 17.0. The second kappa shape index (κ2) is 34.4. The third kappa shape index (κ3) is 24.7. The first-order valence-electron chi connectivity index (χ1n) is 24.6. The maximum Gasteiger partial charge on any atom is 0.269 e. The molecule has 0 atom stereocenters. The molecule has 0 heterocycles. The topological polar surface area (TPSA) is 101 Å². The normalized spacial score (nSPS) is 11.3. The first-order chi connectivity index (χ1) is 30.0. The molecule has 8 nitrogen and oxygen atoms in total. The van der Waals surface area contributed by atoms with Crippen LogP contribution in [0.5, 0.6) is 11.5 Å². The van der Waals surface area contributed by atoms with Crippen LogP contribution in [-0.4, -0.2) is 25.0 Å². The van der Waals surface area contributed by atoms with Crippen molar-refractivity contribution in [3.63, 3.8) is 0 Å². The number of hydrogen-bond acceptors (Lipinski definition) is 6. The van der Waals surface area contributed by atoms with Gasteiger partial charge in [0.2, 0.25) is 0 Å². The van der Waals surface area contributed by atoms with Crippen LogP contribution in [0, 0.1) is 6.92 Å². The Morgan fingerprint density at radius 2 is 0.770 bits per heavy atom. The van der Waals surface area contributed by atoms with E-state index in [1.165, 1.54) is 167 Å². The SMILES string of the molecule is CCCCCCCCCCCCCCCCOc1ccc(C(=O)NNC(=O)c2ccc(N=Nc3ccc(OCCCCCCCCCCCCCCCC)cc3C)cc2)cc1. The summed E-state index contributed by atoms with van der Waals surface area (Å²) in [5, 5.41) is 8.78. The molecule has 0 saturated heterocycles. The molecule has 0 aromatic heterocycles. The number of hydrogen-bond donors (Lipinski definition) is 2. The summed E-state index contributed by atoms with van der Waals surface area (Å²) in [6, 6.07) is 19.6. The molecule has 0 saturated carbocycles. The maximum absolute atomic E-state index is 12.7. The third-order valence-electron chi connectivity index (χ3n) is 11.5. The first-order valence-corrected chi connectivity index (χ1v) is 24.6. The number of azo groups is 1. The molecule has 0 spiro atoms. The predicted octanol–water partition coefficient (Wildman–Crippen LogP) is 16.2. The van der Waals surface area contributed by atoms with Crippen molar-refractivity contribution < 1.29 is 19.1 Å². The third-order valence-corrected chi connectivity index (χ3v) is 11.5. The zero-order chi connectivity index (χ0) is 43.4. The van der Waals surface area contributed by atoms with Gasteiger partial charge >= 0.3 is 0 Å². The van der Waals surface area contributed by atoms with Crippen LogP contribution in [0.3, 0.4) is 0 Å². The summed E-state index contributed by atoms with van der Waals surface area (Å²) in [6.45, 7) is 7.95. The molecule has 0 unspecified atom stereocenters. The number of carbonyl (C=O) groups excluding carboxylic acids is 2. The maximum atomic E-state index is 12.7. The van der Waals surface area contributed by atoms with Gasteiger partial charge in [0.15, 0.2) is 0 Å². The summed E-state index contributed by atoms with van der Waals surface area (Å²) < 4.78 is 11.9. The number of rotatable bonds is 36. The van der Waals surface area contributed by atoms with Gasteiger partial charge in [0.25, 0.3) is 11.8 Å². The molecule has 0 fully saturated rings. The lowest BCUT2D eigenvalue weighted by Gasteiger charge is -2.09. The number of unbranched alkanes of at least 4 members (excludes halogenated alkanes) is 26. The Hall–Kier alpha value is -4.20. The average molecular weight is 839 g/mol. The van der Waals surface area contributed by atoms with Crippen molar-refractivity contribution in [3.8, 4) is 11.5 Å². The van der Waals surface area contributed by atoms with Crippen molar-refractivity contribution in [2.45, 2.75) is 201 Å². The number of aryl methyl sites for hydroxylation is 1. The summed E-state index contributed by atoms with van der Waals surface area (Å²) in [5.74, 6) is 0.758. The van der Waals surface area contributed by atoms with Crippen molar-refractivity contribution in [3.05, 3.63) is 83.4 Å². The first kappa shape index (κ1) is 51.2. The highest BCUT2D eigenvalue weighted by molar-refractivity contribution is 5.99. The van der Waals surface area contributed by atoms with E-state index in [9.17, 15) is 9.59 Å². The minimum atomic E-state index is -0.425. The number of nitrogens with zero attached hydrogens (tertiary/aromatic N) is 2. The van der Waals surface area contributed by atoms with Gasteiger partial charge in [0.1, 0.15) is 11.5 Å². The Labute approximate surface area is 370 Å². The van der Waals surface area contributed by atoms with Crippen LogP contribution in [-0.2, 0) is 0 Å². The molecular formula is C53H82N4O4. The van der Waals surface area contributed by atoms with Crippen LogP contribution in [0.1, 0.15) is 220 Å². The van der Waals surface area contributed by atoms with Crippen LogP contribution in [0.2, 0.25) is 0 Å². The van der Waals surface area contributed by atoms with E-state index in [0.717, 1.165) is 42.2 Å². The van der Waals surface area contributed by atoms with Crippen LogP contribution in [0.25, 0.3) is 0 Å². The second-order valence-electron chi connectivity index (χ2n) is 17.0. The van der Waals surface area contributed by atoms with Gasteiger partial charge in [-0.05, 0) is 92.1 Å². The monoisotopic (exact) mass is 839 g/mol. The fraction of sp³-hybridized carbons (Fsp3) is 0.623. The van der Waals surface area contributed by atoms with E-state index in [-0.39, 0.29) is 0 Å². The molecule has 3 rings (SSSR count). The van der Waals surface area contributed by atoms with Gasteiger partial charge in [-0.25, -0.2) is 0 Å². The van der Waals surface area contributed by atoms with Gasteiger partial charge in [-0.2, -0.15) is 10.2 Å². The smallest absolute Gasteiger partial charge is 0.269 e. The van der Waals surface area contributed by atoms with E-state index < -0.39 is 11.8 Å². The summed E-state index contributed by atoms with van der Waals surface area (Å²) in [4.78, 5) is 25.4. The Balaban J connectivity index is 1.22. The number of ether oxygens (including phenoxy) is 2. The van der Waals surface area contributed by atoms with Crippen LogP contribution in [0.15, 0.2) is 77.0 Å². The summed E-state index contributed by atoms with van der Waals surface area (Å²) in [7, 11) is 0. The van der Waals surface area contributed by atoms with Crippen LogP contribution >= 0.6 is 0 Å². The minimum Gasteiger partial charge on any atom is -0.494 e. The van der Waals surface area contributed by atoms with E-state index >= 15 is 0 Å². The quantitative estimate of drug-likeness (QED) is 0.0346. The average Bonchev–Trinajstić information content (AvgIpc) is 3.28. The molecule has 8 heteroatoms. The Kier molecular flexibility index (Phi) is 28.8. The standard InChI is InChI=1S/C53H82N4O4/c1-4-6-8-10-12-14-16-18-20-22-24-26-28-30-42-60-49-38-34-47(35-39-49)53(59)57-56-52(58)46-32-36-48(37-33-46)54-55-51-41-40-50(44-45(51)3)61-43-31-29-27-25-23-21-19-17-15-13-11-9-7-5-2/h32-41,44H,4-31,42-43H2,1-3H3,(H,56,58)(H,57,59). The molecule has 0 bridgehead atoms. The van der Waals surface area contributed by atoms with E-state index in [4.69, 9.17) is 9.47 Å². The number of benzene rings is 3. The molecule has 61 heavy (non-hydrogen) atoms. The van der Waals surface area contributed by atoms with Crippen molar-refractivity contribution in [2.24, 2.45) is 10.2 Å². The largest absolute Gasteiger partial charge is 0.494 e. The van der Waals surface area contributed by atoms with Crippen molar-refractivity contribution in [2.75, 3.05) is 13.2 Å². The fourth-order valence-corrected chi connectivity index (χ4v) is 7.55. The molecule has 338 valence electrons. The summed E-state index contributed by atoms with van der Waals surface area (Å²) >= 11 is 0. The number of nitrogens with one attached hydrogen (secondary N) is 2. The molecule has 0 radical (unpaired) electrons. The predicted molar refractivity (Wildman–Crippen MR) is 255 cm³/mol. The van der Waals surface area contributed by atoms with Gasteiger partial charge in [0.05, 0.1) is 24.6 Å². The summed E-state index contributed by atoms with van der Waals surface area (Å²) in [5.41, 5.74) is 8.17. The van der Waals surface area contributed by atoms with Crippen LogP contribution < -0.4 is 20.3 Å². The van der Waals surface area contributed by atoms with Gasteiger partial charge in [-0.1, -0.05) is 181 Å². The highest BCUT2D eigenvalue weighted by Gasteiger charge is 2.10. The van der Waals surface area contributed by atoms with Crippen molar-refractivity contribution in [1.29, 1.82) is 0 Å². The number of amides is 2. The van der Waals surface area contributed by atoms with E-state index in [1.54, 1.807) is 48.5 Å². The van der Waals surface area contributed by atoms with E-state index in [2.05, 4.69) is 34.9 Å². The number of hydrazine groups is 1. The molecule has 2 amide bonds. The molecule has 0 aliphatic rings. The molecule has 0 aliphatic heterocycles. The lowest BCUT2D eigenvalue weighted by molar-refractivity contribution is 0.0846. The van der Waals surface area contributed by atoms with Crippen molar-refractivity contribution >= 4 is 23.2 Å². The molecule has 0 aliphatic carbocycles. The molecule has 2 N–H and O–H groups in total. The zero-order valence-electron chi connectivity index (χ0n) is 38.6. The highest BCUT2D eigenvalue weighted by atomic mass is 16.5. The Bertz CT molecular complexity index is 1590. The minimum absolute atomic E-state index is 0.392. The van der Waals surface area contributed by atoms with Gasteiger partial charge in [-0.15, -0.1) is 0 Å².